The molecule has 1 aliphatic heterocycles. The maximum Gasteiger partial charge on any atom is 0.242 e. The van der Waals surface area contributed by atoms with Gasteiger partial charge in [0, 0.05) is 30.9 Å². The predicted octanol–water partition coefficient (Wildman–Crippen LogP) is 2.07. The van der Waals surface area contributed by atoms with Crippen molar-refractivity contribution in [3.63, 3.8) is 0 Å². The topological polar surface area (TPSA) is 61.4 Å². The lowest BCUT2D eigenvalue weighted by Gasteiger charge is -2.35. The van der Waals surface area contributed by atoms with E-state index < -0.39 is 6.04 Å². The summed E-state index contributed by atoms with van der Waals surface area (Å²) < 4.78 is 13.1. The van der Waals surface area contributed by atoms with E-state index >= 15 is 0 Å². The van der Waals surface area contributed by atoms with Crippen molar-refractivity contribution in [3.05, 3.63) is 58.0 Å². The number of nitrogens with zero attached hydrogens (tertiary/aromatic N) is 1. The van der Waals surface area contributed by atoms with Crippen LogP contribution >= 0.6 is 11.3 Å². The molecule has 3 rings (SSSR count). The molecule has 25 heavy (non-hydrogen) atoms. The zero-order chi connectivity index (χ0) is 17.6. The van der Waals surface area contributed by atoms with E-state index in [9.17, 15) is 14.0 Å². The Morgan fingerprint density at radius 3 is 2.84 bits per heavy atom. The largest absolute Gasteiger partial charge is 0.353 e. The first-order chi connectivity index (χ1) is 12.1. The highest BCUT2D eigenvalue weighted by Gasteiger charge is 2.31. The third kappa shape index (κ3) is 4.64. The van der Waals surface area contributed by atoms with E-state index in [1.54, 1.807) is 23.5 Å². The molecule has 5 nitrogen and oxygen atoms in total. The fourth-order valence-corrected chi connectivity index (χ4v) is 3.54. The molecular formula is C18H20FN3O2S. The Bertz CT molecular complexity index is 718. The molecule has 0 unspecified atom stereocenters. The Morgan fingerprint density at radius 2 is 2.12 bits per heavy atom. The number of piperazine rings is 1. The van der Waals surface area contributed by atoms with Gasteiger partial charge in [0.2, 0.25) is 11.8 Å². The van der Waals surface area contributed by atoms with E-state index in [0.717, 1.165) is 10.4 Å². The highest BCUT2D eigenvalue weighted by Crippen LogP contribution is 2.23. The predicted molar refractivity (Wildman–Crippen MR) is 94.5 cm³/mol. The van der Waals surface area contributed by atoms with Crippen molar-refractivity contribution in [1.29, 1.82) is 0 Å². The van der Waals surface area contributed by atoms with Gasteiger partial charge < -0.3 is 10.6 Å². The van der Waals surface area contributed by atoms with Gasteiger partial charge in [-0.05, 0) is 29.1 Å². The van der Waals surface area contributed by atoms with Crippen molar-refractivity contribution in [2.45, 2.75) is 19.0 Å². The number of hydrogen-bond donors (Lipinski definition) is 2. The summed E-state index contributed by atoms with van der Waals surface area (Å²) in [5.74, 6) is -0.492. The molecule has 132 valence electrons. The van der Waals surface area contributed by atoms with Crippen LogP contribution in [0.25, 0.3) is 0 Å². The second kappa shape index (κ2) is 8.22. The standard InChI is InChI=1S/C18H20FN3O2S/c19-14-5-3-13(4-6-14)17-18(24)20-8-10-22(17)9-7-16(23)21-12-15-2-1-11-25-15/h1-6,11,17H,7-10,12H2,(H,20,24)(H,21,23)/t17-/m1/s1. The molecule has 2 N–H and O–H groups in total. The lowest BCUT2D eigenvalue weighted by Crippen LogP contribution is -2.50. The monoisotopic (exact) mass is 361 g/mol. The average Bonchev–Trinajstić information content (AvgIpc) is 3.13. The number of benzene rings is 1. The van der Waals surface area contributed by atoms with Crippen molar-refractivity contribution in [2.24, 2.45) is 0 Å². The Labute approximate surface area is 149 Å². The number of amides is 2. The Kier molecular flexibility index (Phi) is 5.78. The van der Waals surface area contributed by atoms with Crippen molar-refractivity contribution < 1.29 is 14.0 Å². The molecule has 0 saturated carbocycles. The second-order valence-electron chi connectivity index (χ2n) is 5.89. The van der Waals surface area contributed by atoms with Crippen LogP contribution in [0.1, 0.15) is 22.9 Å². The van der Waals surface area contributed by atoms with Crippen molar-refractivity contribution in [2.75, 3.05) is 19.6 Å². The zero-order valence-corrected chi connectivity index (χ0v) is 14.5. The van der Waals surface area contributed by atoms with Crippen LogP contribution in [-0.2, 0) is 16.1 Å². The second-order valence-corrected chi connectivity index (χ2v) is 6.92. The average molecular weight is 361 g/mol. The number of hydrogen-bond acceptors (Lipinski definition) is 4. The van der Waals surface area contributed by atoms with Gasteiger partial charge in [0.1, 0.15) is 11.9 Å². The summed E-state index contributed by atoms with van der Waals surface area (Å²) in [4.78, 5) is 27.4. The molecule has 1 aromatic carbocycles. The van der Waals surface area contributed by atoms with Crippen molar-refractivity contribution in [1.82, 2.24) is 15.5 Å². The molecule has 0 spiro atoms. The minimum Gasteiger partial charge on any atom is -0.353 e. The smallest absolute Gasteiger partial charge is 0.242 e. The number of nitrogens with one attached hydrogen (secondary N) is 2. The minimum atomic E-state index is -0.487. The van der Waals surface area contributed by atoms with Gasteiger partial charge in [-0.3, -0.25) is 14.5 Å². The lowest BCUT2D eigenvalue weighted by molar-refractivity contribution is -0.130. The molecule has 7 heteroatoms. The van der Waals surface area contributed by atoms with Gasteiger partial charge in [-0.1, -0.05) is 18.2 Å². The molecular weight excluding hydrogens is 341 g/mol. The number of rotatable bonds is 6. The first kappa shape index (κ1) is 17.6. The number of halogens is 1. The van der Waals surface area contributed by atoms with Crippen LogP contribution in [0.5, 0.6) is 0 Å². The van der Waals surface area contributed by atoms with Crippen LogP contribution in [0.15, 0.2) is 41.8 Å². The summed E-state index contributed by atoms with van der Waals surface area (Å²) in [5, 5.41) is 7.70. The molecule has 0 radical (unpaired) electrons. The molecule has 1 fully saturated rings. The van der Waals surface area contributed by atoms with Gasteiger partial charge in [0.15, 0.2) is 0 Å². The summed E-state index contributed by atoms with van der Waals surface area (Å²) in [7, 11) is 0. The quantitative estimate of drug-likeness (QED) is 0.828. The van der Waals surface area contributed by atoms with Crippen LogP contribution in [0.3, 0.4) is 0 Å². The fourth-order valence-electron chi connectivity index (χ4n) is 2.89. The van der Waals surface area contributed by atoms with Crippen molar-refractivity contribution >= 4 is 23.2 Å². The SMILES string of the molecule is O=C(CCN1CCNC(=O)[C@H]1c1ccc(F)cc1)NCc1cccs1. The van der Waals surface area contributed by atoms with Crippen LogP contribution in [0.2, 0.25) is 0 Å². The van der Waals surface area contributed by atoms with Crippen LogP contribution in [0.4, 0.5) is 4.39 Å². The highest BCUT2D eigenvalue weighted by molar-refractivity contribution is 7.09. The van der Waals surface area contributed by atoms with Gasteiger partial charge in [0.05, 0.1) is 6.54 Å². The molecule has 1 atom stereocenters. The molecule has 2 amide bonds. The van der Waals surface area contributed by atoms with E-state index in [4.69, 9.17) is 0 Å². The molecule has 2 aromatic rings. The molecule has 0 aliphatic carbocycles. The first-order valence-electron chi connectivity index (χ1n) is 8.20. The van der Waals surface area contributed by atoms with Crippen molar-refractivity contribution in [3.8, 4) is 0 Å². The summed E-state index contributed by atoms with van der Waals surface area (Å²) in [6, 6.07) is 9.38. The van der Waals surface area contributed by atoms with Gasteiger partial charge in [-0.15, -0.1) is 11.3 Å². The number of carbonyl (C=O) groups is 2. The van der Waals surface area contributed by atoms with E-state index in [1.807, 2.05) is 22.4 Å². The molecule has 1 aliphatic rings. The molecule has 1 saturated heterocycles. The first-order valence-corrected chi connectivity index (χ1v) is 9.08. The summed E-state index contributed by atoms with van der Waals surface area (Å²) in [6.07, 6.45) is 0.316. The highest BCUT2D eigenvalue weighted by atomic mass is 32.1. The Balaban J connectivity index is 1.58. The summed E-state index contributed by atoms with van der Waals surface area (Å²) in [6.45, 7) is 2.21. The summed E-state index contributed by atoms with van der Waals surface area (Å²) >= 11 is 1.60. The van der Waals surface area contributed by atoms with Gasteiger partial charge in [0.25, 0.3) is 0 Å². The van der Waals surface area contributed by atoms with Gasteiger partial charge in [-0.2, -0.15) is 0 Å². The third-order valence-corrected chi connectivity index (χ3v) is 5.04. The van der Waals surface area contributed by atoms with E-state index in [2.05, 4.69) is 10.6 Å². The zero-order valence-electron chi connectivity index (χ0n) is 13.7. The Morgan fingerprint density at radius 1 is 1.32 bits per heavy atom. The minimum absolute atomic E-state index is 0.0442. The third-order valence-electron chi connectivity index (χ3n) is 4.16. The molecule has 2 heterocycles. The molecule has 1 aromatic heterocycles. The Hall–Kier alpha value is -2.25. The maximum atomic E-state index is 13.1. The van der Waals surface area contributed by atoms with Crippen LogP contribution < -0.4 is 10.6 Å². The normalized spacial score (nSPS) is 18.0. The maximum absolute atomic E-state index is 13.1. The van der Waals surface area contributed by atoms with E-state index in [0.29, 0.717) is 32.6 Å². The van der Waals surface area contributed by atoms with E-state index in [1.165, 1.54) is 12.1 Å². The van der Waals surface area contributed by atoms with Gasteiger partial charge >= 0.3 is 0 Å². The van der Waals surface area contributed by atoms with Crippen LogP contribution in [-0.4, -0.2) is 36.3 Å². The van der Waals surface area contributed by atoms with E-state index in [-0.39, 0.29) is 17.6 Å². The number of thiophene rings is 1. The molecule has 0 bridgehead atoms. The van der Waals surface area contributed by atoms with Crippen LogP contribution in [0, 0.1) is 5.82 Å². The number of carbonyl (C=O) groups excluding carboxylic acids is 2. The van der Waals surface area contributed by atoms with Gasteiger partial charge in [-0.25, -0.2) is 4.39 Å². The summed E-state index contributed by atoms with van der Waals surface area (Å²) in [5.41, 5.74) is 0.734. The fraction of sp³-hybridized carbons (Fsp3) is 0.333. The lowest BCUT2D eigenvalue weighted by atomic mass is 10.0.